The molecule has 0 aliphatic carbocycles. The number of nitrogens with zero attached hydrogens (tertiary/aromatic N) is 2. The molecule has 1 aliphatic rings. The second-order valence-electron chi connectivity index (χ2n) is 9.89. The summed E-state index contributed by atoms with van der Waals surface area (Å²) in [6.07, 6.45) is 1.34. The molecule has 0 bridgehead atoms. The average molecular weight is 624 g/mol. The maximum atomic E-state index is 13.9. The molecular formula is C32H28Cl2N2O5S. The van der Waals surface area contributed by atoms with E-state index in [2.05, 4.69) is 4.99 Å². The molecule has 5 rings (SSSR count). The Morgan fingerprint density at radius 3 is 2.52 bits per heavy atom. The van der Waals surface area contributed by atoms with Gasteiger partial charge in [-0.05, 0) is 67.8 Å². The van der Waals surface area contributed by atoms with Crippen LogP contribution in [0.1, 0.15) is 43.5 Å². The van der Waals surface area contributed by atoms with E-state index in [1.165, 1.54) is 15.9 Å². The van der Waals surface area contributed by atoms with Crippen molar-refractivity contribution in [1.82, 2.24) is 4.57 Å². The molecule has 0 N–H and O–H groups in total. The Kier molecular flexibility index (Phi) is 8.87. The summed E-state index contributed by atoms with van der Waals surface area (Å²) in [5, 5.41) is 0.908. The van der Waals surface area contributed by atoms with Gasteiger partial charge in [0.25, 0.3) is 5.56 Å². The Labute approximate surface area is 256 Å². The first-order valence-electron chi connectivity index (χ1n) is 13.2. The van der Waals surface area contributed by atoms with Crippen molar-refractivity contribution in [2.24, 2.45) is 4.99 Å². The van der Waals surface area contributed by atoms with Crippen molar-refractivity contribution in [3.8, 4) is 11.5 Å². The number of aromatic nitrogens is 1. The van der Waals surface area contributed by atoms with Gasteiger partial charge in [0.2, 0.25) is 0 Å². The van der Waals surface area contributed by atoms with Crippen LogP contribution in [0.3, 0.4) is 0 Å². The summed E-state index contributed by atoms with van der Waals surface area (Å²) in [6.45, 7) is 5.64. The number of esters is 1. The number of carbonyl (C=O) groups excluding carboxylic acids is 1. The van der Waals surface area contributed by atoms with Crippen molar-refractivity contribution < 1.29 is 19.0 Å². The number of rotatable bonds is 8. The summed E-state index contributed by atoms with van der Waals surface area (Å²) in [5.74, 6) is 0.446. The normalized spacial score (nSPS) is 14.9. The topological polar surface area (TPSA) is 79.1 Å². The molecular weight excluding hydrogens is 595 g/mol. The highest BCUT2D eigenvalue weighted by atomic mass is 35.5. The SMILES string of the molecule is COc1cc(C2C(C(=O)OC(C)C)=C(C)N=c3sc(=Cc4ccc(Cl)cc4Cl)c(=O)n32)ccc1OCc1ccccc1. The van der Waals surface area contributed by atoms with Crippen LogP contribution in [0.4, 0.5) is 0 Å². The van der Waals surface area contributed by atoms with E-state index in [1.54, 1.807) is 64.3 Å². The molecule has 1 atom stereocenters. The molecule has 0 spiro atoms. The predicted octanol–water partition coefficient (Wildman–Crippen LogP) is 6.08. The van der Waals surface area contributed by atoms with Crippen LogP contribution in [-0.2, 0) is 16.1 Å². The monoisotopic (exact) mass is 622 g/mol. The largest absolute Gasteiger partial charge is 0.493 e. The molecule has 4 aromatic rings. The van der Waals surface area contributed by atoms with Crippen molar-refractivity contribution in [3.05, 3.63) is 124 Å². The van der Waals surface area contributed by atoms with Crippen molar-refractivity contribution >= 4 is 46.6 Å². The van der Waals surface area contributed by atoms with Crippen LogP contribution in [0.2, 0.25) is 10.0 Å². The van der Waals surface area contributed by atoms with Crippen LogP contribution in [0.5, 0.6) is 11.5 Å². The second kappa shape index (κ2) is 12.6. The maximum Gasteiger partial charge on any atom is 0.338 e. The maximum absolute atomic E-state index is 13.9. The van der Waals surface area contributed by atoms with Gasteiger partial charge < -0.3 is 14.2 Å². The van der Waals surface area contributed by atoms with E-state index < -0.39 is 12.0 Å². The van der Waals surface area contributed by atoms with Crippen LogP contribution in [0.15, 0.2) is 87.8 Å². The fourth-order valence-electron chi connectivity index (χ4n) is 4.64. The first-order chi connectivity index (χ1) is 20.2. The summed E-state index contributed by atoms with van der Waals surface area (Å²) in [7, 11) is 1.55. The van der Waals surface area contributed by atoms with Crippen molar-refractivity contribution in [2.75, 3.05) is 7.11 Å². The highest BCUT2D eigenvalue weighted by Gasteiger charge is 2.34. The number of thiazole rings is 1. The standard InChI is InChI=1S/C32H28Cl2N2O5S/c1-18(2)41-31(38)28-19(3)35-32-36(30(37)27(42-32)15-21-10-12-23(33)16-24(21)34)29(28)22-11-13-25(26(14-22)39-4)40-17-20-8-6-5-7-9-20/h5-16,18,29H,17H2,1-4H3. The van der Waals surface area contributed by atoms with Gasteiger partial charge in [-0.1, -0.05) is 77.0 Å². The van der Waals surface area contributed by atoms with Gasteiger partial charge in [0.1, 0.15) is 6.61 Å². The quantitative estimate of drug-likeness (QED) is 0.223. The number of ether oxygens (including phenoxy) is 3. The van der Waals surface area contributed by atoms with E-state index in [4.69, 9.17) is 37.4 Å². The molecule has 1 unspecified atom stereocenters. The summed E-state index contributed by atoms with van der Waals surface area (Å²) in [6, 6.07) is 19.4. The van der Waals surface area contributed by atoms with Crippen LogP contribution in [0.25, 0.3) is 6.08 Å². The number of methoxy groups -OCH3 is 1. The van der Waals surface area contributed by atoms with E-state index in [9.17, 15) is 9.59 Å². The molecule has 3 aromatic carbocycles. The van der Waals surface area contributed by atoms with Crippen LogP contribution in [0, 0.1) is 0 Å². The van der Waals surface area contributed by atoms with Gasteiger partial charge in [-0.15, -0.1) is 0 Å². The minimum atomic E-state index is -0.813. The smallest absolute Gasteiger partial charge is 0.338 e. The Morgan fingerprint density at radius 1 is 1.07 bits per heavy atom. The lowest BCUT2D eigenvalue weighted by atomic mass is 9.95. The Morgan fingerprint density at radius 2 is 1.83 bits per heavy atom. The zero-order valence-electron chi connectivity index (χ0n) is 23.4. The van der Waals surface area contributed by atoms with E-state index in [-0.39, 0.29) is 17.2 Å². The van der Waals surface area contributed by atoms with Gasteiger partial charge in [0, 0.05) is 10.0 Å². The number of benzene rings is 3. The van der Waals surface area contributed by atoms with Gasteiger partial charge in [0.05, 0.1) is 35.1 Å². The molecule has 0 fully saturated rings. The van der Waals surface area contributed by atoms with Crippen molar-refractivity contribution in [3.63, 3.8) is 0 Å². The van der Waals surface area contributed by atoms with Crippen molar-refractivity contribution in [1.29, 1.82) is 0 Å². The van der Waals surface area contributed by atoms with Crippen LogP contribution < -0.4 is 24.4 Å². The van der Waals surface area contributed by atoms with Crippen LogP contribution in [-0.4, -0.2) is 23.8 Å². The number of halogens is 2. The third-order valence-electron chi connectivity index (χ3n) is 6.57. The lowest BCUT2D eigenvalue weighted by molar-refractivity contribution is -0.143. The predicted molar refractivity (Wildman–Crippen MR) is 165 cm³/mol. The van der Waals surface area contributed by atoms with E-state index in [0.717, 1.165) is 5.56 Å². The molecule has 216 valence electrons. The molecule has 10 heteroatoms. The first-order valence-corrected chi connectivity index (χ1v) is 14.8. The fourth-order valence-corrected chi connectivity index (χ4v) is 6.14. The Bertz CT molecular complexity index is 1860. The minimum absolute atomic E-state index is 0.271. The molecule has 7 nitrogen and oxygen atoms in total. The fraction of sp³-hybridized carbons (Fsp3) is 0.219. The molecule has 0 saturated carbocycles. The van der Waals surface area contributed by atoms with Gasteiger partial charge in [0.15, 0.2) is 16.3 Å². The van der Waals surface area contributed by atoms with Gasteiger partial charge in [-0.25, -0.2) is 9.79 Å². The number of allylic oxidation sites excluding steroid dienone is 1. The van der Waals surface area contributed by atoms with Crippen LogP contribution >= 0.6 is 34.5 Å². The first kappa shape index (κ1) is 29.6. The zero-order valence-corrected chi connectivity index (χ0v) is 25.7. The third-order valence-corrected chi connectivity index (χ3v) is 8.12. The molecule has 42 heavy (non-hydrogen) atoms. The molecule has 2 heterocycles. The summed E-state index contributed by atoms with van der Waals surface area (Å²) in [5.41, 5.74) is 2.70. The van der Waals surface area contributed by atoms with Crippen molar-refractivity contribution in [2.45, 2.75) is 39.5 Å². The highest BCUT2D eigenvalue weighted by molar-refractivity contribution is 7.07. The van der Waals surface area contributed by atoms with E-state index >= 15 is 0 Å². The summed E-state index contributed by atoms with van der Waals surface area (Å²) >= 11 is 13.7. The highest BCUT2D eigenvalue weighted by Crippen LogP contribution is 2.36. The molecule has 1 aliphatic heterocycles. The van der Waals surface area contributed by atoms with E-state index in [1.807, 2.05) is 36.4 Å². The zero-order chi connectivity index (χ0) is 30.0. The average Bonchev–Trinajstić information content (AvgIpc) is 3.26. The Hall–Kier alpha value is -3.85. The molecule has 1 aromatic heterocycles. The molecule has 0 amide bonds. The minimum Gasteiger partial charge on any atom is -0.493 e. The third kappa shape index (κ3) is 6.16. The number of hydrogen-bond acceptors (Lipinski definition) is 7. The molecule has 0 saturated heterocycles. The second-order valence-corrected chi connectivity index (χ2v) is 11.7. The van der Waals surface area contributed by atoms with Gasteiger partial charge >= 0.3 is 5.97 Å². The van der Waals surface area contributed by atoms with E-state index in [0.29, 0.717) is 54.3 Å². The summed E-state index contributed by atoms with van der Waals surface area (Å²) in [4.78, 5) is 32.5. The lowest BCUT2D eigenvalue weighted by Crippen LogP contribution is -2.40. The van der Waals surface area contributed by atoms with Gasteiger partial charge in [-0.2, -0.15) is 0 Å². The Balaban J connectivity index is 1.63. The van der Waals surface area contributed by atoms with Gasteiger partial charge in [-0.3, -0.25) is 9.36 Å². The number of hydrogen-bond donors (Lipinski definition) is 0. The lowest BCUT2D eigenvalue weighted by Gasteiger charge is -2.26. The number of fused-ring (bicyclic) bond motifs is 1. The molecule has 0 radical (unpaired) electrons. The summed E-state index contributed by atoms with van der Waals surface area (Å²) < 4.78 is 19.3. The number of carbonyl (C=O) groups is 1.